The molecule has 2 aromatic heterocycles. The zero-order valence-corrected chi connectivity index (χ0v) is 14.1. The van der Waals surface area contributed by atoms with E-state index < -0.39 is 0 Å². The van der Waals surface area contributed by atoms with Crippen LogP contribution in [-0.4, -0.2) is 43.9 Å². The summed E-state index contributed by atoms with van der Waals surface area (Å²) in [5.41, 5.74) is 1.61. The molecular formula is C17H19N3O2S. The Kier molecular flexibility index (Phi) is 3.44. The second-order valence-electron chi connectivity index (χ2n) is 6.28. The van der Waals surface area contributed by atoms with Crippen LogP contribution in [0.3, 0.4) is 0 Å². The van der Waals surface area contributed by atoms with Gasteiger partial charge in [0.15, 0.2) is 0 Å². The Bertz CT molecular complexity index is 861. The molecule has 4 heterocycles. The number of nitrogens with zero attached hydrogens (tertiary/aromatic N) is 3. The molecule has 6 heteroatoms. The number of fused-ring (bicyclic) bond motifs is 3. The minimum atomic E-state index is -0.197. The molecule has 1 amide bonds. The molecule has 2 unspecified atom stereocenters. The summed E-state index contributed by atoms with van der Waals surface area (Å²) in [4.78, 5) is 32.1. The van der Waals surface area contributed by atoms with Crippen molar-refractivity contribution in [3.8, 4) is 0 Å². The van der Waals surface area contributed by atoms with Gasteiger partial charge < -0.3 is 9.47 Å². The Morgan fingerprint density at radius 3 is 2.91 bits per heavy atom. The number of hydrogen-bond donors (Lipinski definition) is 0. The fraction of sp³-hybridized carbons (Fsp3) is 0.471. The van der Waals surface area contributed by atoms with Crippen LogP contribution in [0, 0.1) is 6.92 Å². The Labute approximate surface area is 138 Å². The maximum absolute atomic E-state index is 12.9. The normalized spacial score (nSPS) is 23.0. The van der Waals surface area contributed by atoms with E-state index in [9.17, 15) is 9.59 Å². The summed E-state index contributed by atoms with van der Waals surface area (Å²) in [5.74, 6) is 0.875. The van der Waals surface area contributed by atoms with E-state index in [4.69, 9.17) is 0 Å². The molecule has 2 fully saturated rings. The van der Waals surface area contributed by atoms with Crippen LogP contribution < -0.4 is 5.43 Å². The Hall–Kier alpha value is -1.82. The van der Waals surface area contributed by atoms with Gasteiger partial charge in [-0.15, -0.1) is 0 Å². The summed E-state index contributed by atoms with van der Waals surface area (Å²) in [7, 11) is 0. The average Bonchev–Trinajstić information content (AvgIpc) is 3.17. The first-order valence-electron chi connectivity index (χ1n) is 8.02. The molecular weight excluding hydrogens is 310 g/mol. The quantitative estimate of drug-likeness (QED) is 0.846. The second kappa shape index (κ2) is 5.37. The van der Waals surface area contributed by atoms with Gasteiger partial charge in [-0.05, 0) is 32.4 Å². The van der Waals surface area contributed by atoms with Crippen LogP contribution in [-0.2, 0) is 6.54 Å². The topological polar surface area (TPSA) is 55.2 Å². The molecule has 2 aliphatic rings. The molecule has 0 N–H and O–H groups in total. The largest absolute Gasteiger partial charge is 0.334 e. The van der Waals surface area contributed by atoms with Crippen LogP contribution in [0.4, 0.5) is 0 Å². The predicted octanol–water partition coefficient (Wildman–Crippen LogP) is 2.05. The molecule has 5 nitrogen and oxygen atoms in total. The molecule has 0 radical (unpaired) electrons. The fourth-order valence-corrected chi connectivity index (χ4v) is 4.99. The third-order valence-corrected chi connectivity index (χ3v) is 6.18. The van der Waals surface area contributed by atoms with Gasteiger partial charge >= 0.3 is 0 Å². The molecule has 2 atom stereocenters. The highest BCUT2D eigenvalue weighted by molar-refractivity contribution is 8.00. The highest BCUT2D eigenvalue weighted by atomic mass is 32.2. The first kappa shape index (κ1) is 14.8. The van der Waals surface area contributed by atoms with E-state index in [2.05, 4.69) is 4.98 Å². The van der Waals surface area contributed by atoms with Crippen molar-refractivity contribution in [3.63, 3.8) is 0 Å². The third-order valence-electron chi connectivity index (χ3n) is 4.79. The Morgan fingerprint density at radius 2 is 2.26 bits per heavy atom. The van der Waals surface area contributed by atoms with Crippen molar-refractivity contribution in [2.24, 2.45) is 0 Å². The molecule has 4 rings (SSSR count). The van der Waals surface area contributed by atoms with Crippen molar-refractivity contribution in [1.29, 1.82) is 0 Å². The van der Waals surface area contributed by atoms with Crippen LogP contribution in [0.15, 0.2) is 23.1 Å². The number of aryl methyl sites for hydroxylation is 2. The van der Waals surface area contributed by atoms with E-state index in [1.807, 2.05) is 41.1 Å². The lowest BCUT2D eigenvalue weighted by Crippen LogP contribution is -2.41. The summed E-state index contributed by atoms with van der Waals surface area (Å²) in [6.45, 7) is 5.34. The van der Waals surface area contributed by atoms with Gasteiger partial charge in [0.2, 0.25) is 5.43 Å². The van der Waals surface area contributed by atoms with Gasteiger partial charge in [0.25, 0.3) is 5.91 Å². The zero-order valence-electron chi connectivity index (χ0n) is 13.3. The summed E-state index contributed by atoms with van der Waals surface area (Å²) in [6, 6.07) is 3.90. The maximum atomic E-state index is 12.9. The lowest BCUT2D eigenvalue weighted by molar-refractivity contribution is 0.0745. The number of hydrogen-bond acceptors (Lipinski definition) is 4. The summed E-state index contributed by atoms with van der Waals surface area (Å²) in [5, 5.41) is 1.07. The molecule has 2 aromatic rings. The molecule has 23 heavy (non-hydrogen) atoms. The summed E-state index contributed by atoms with van der Waals surface area (Å²) < 4.78 is 1.90. The van der Waals surface area contributed by atoms with Gasteiger partial charge in [-0.1, -0.05) is 0 Å². The van der Waals surface area contributed by atoms with Crippen molar-refractivity contribution < 1.29 is 4.79 Å². The number of thioether (sulfide) groups is 1. The summed E-state index contributed by atoms with van der Waals surface area (Å²) >= 11 is 1.94. The number of amides is 1. The van der Waals surface area contributed by atoms with E-state index in [0.29, 0.717) is 28.9 Å². The molecule has 2 bridgehead atoms. The van der Waals surface area contributed by atoms with Crippen LogP contribution in [0.2, 0.25) is 0 Å². The van der Waals surface area contributed by atoms with Crippen molar-refractivity contribution in [2.45, 2.75) is 38.1 Å². The SMILES string of the molecule is CCn1cc(C(=O)N2CC3CC2CS3)c(=O)c2ccc(C)nc21. The number of carbonyl (C=O) groups excluding carboxylic acids is 1. The molecule has 2 aliphatic heterocycles. The summed E-state index contributed by atoms with van der Waals surface area (Å²) in [6.07, 6.45) is 2.76. The second-order valence-corrected chi connectivity index (χ2v) is 7.62. The minimum Gasteiger partial charge on any atom is -0.334 e. The first-order valence-corrected chi connectivity index (χ1v) is 9.06. The predicted molar refractivity (Wildman–Crippen MR) is 92.1 cm³/mol. The van der Waals surface area contributed by atoms with Gasteiger partial charge in [-0.3, -0.25) is 9.59 Å². The number of pyridine rings is 2. The minimum absolute atomic E-state index is 0.118. The van der Waals surface area contributed by atoms with Crippen LogP contribution in [0.1, 0.15) is 29.4 Å². The molecule has 0 aromatic carbocycles. The fourth-order valence-electron chi connectivity index (χ4n) is 3.56. The average molecular weight is 329 g/mol. The molecule has 0 saturated carbocycles. The zero-order chi connectivity index (χ0) is 16.1. The lowest BCUT2D eigenvalue weighted by Gasteiger charge is -2.26. The number of rotatable bonds is 2. The highest BCUT2D eigenvalue weighted by Crippen LogP contribution is 2.37. The van der Waals surface area contributed by atoms with Crippen LogP contribution in [0.5, 0.6) is 0 Å². The molecule has 0 spiro atoms. The monoisotopic (exact) mass is 329 g/mol. The van der Waals surface area contributed by atoms with Gasteiger partial charge in [-0.2, -0.15) is 11.8 Å². The van der Waals surface area contributed by atoms with E-state index in [-0.39, 0.29) is 16.9 Å². The maximum Gasteiger partial charge on any atom is 0.259 e. The van der Waals surface area contributed by atoms with Gasteiger partial charge in [0.1, 0.15) is 11.2 Å². The van der Waals surface area contributed by atoms with E-state index in [0.717, 1.165) is 24.4 Å². The Morgan fingerprint density at radius 1 is 1.43 bits per heavy atom. The van der Waals surface area contributed by atoms with Gasteiger partial charge in [0.05, 0.1) is 5.39 Å². The number of aromatic nitrogens is 2. The molecule has 0 aliphatic carbocycles. The van der Waals surface area contributed by atoms with Crippen molar-refractivity contribution in [3.05, 3.63) is 39.8 Å². The molecule has 120 valence electrons. The molecule has 2 saturated heterocycles. The number of carbonyl (C=O) groups is 1. The highest BCUT2D eigenvalue weighted by Gasteiger charge is 2.41. The van der Waals surface area contributed by atoms with Crippen molar-refractivity contribution in [2.75, 3.05) is 12.3 Å². The van der Waals surface area contributed by atoms with Gasteiger partial charge in [0, 0.05) is 42.0 Å². The van der Waals surface area contributed by atoms with Crippen molar-refractivity contribution >= 4 is 28.7 Å². The Balaban J connectivity index is 1.84. The van der Waals surface area contributed by atoms with Crippen molar-refractivity contribution in [1.82, 2.24) is 14.5 Å². The lowest BCUT2D eigenvalue weighted by atomic mass is 10.1. The number of likely N-dealkylation sites (tertiary alicyclic amines) is 1. The standard InChI is InChI=1S/C17H19N3O2S/c1-3-19-8-14(15(21)13-5-4-10(2)18-16(13)19)17(22)20-7-12-6-11(20)9-23-12/h4-5,8,11-12H,3,6-7,9H2,1-2H3. The van der Waals surface area contributed by atoms with Gasteiger partial charge in [-0.25, -0.2) is 4.98 Å². The van der Waals surface area contributed by atoms with Crippen LogP contribution >= 0.6 is 11.8 Å². The first-order chi connectivity index (χ1) is 11.1. The van der Waals surface area contributed by atoms with E-state index >= 15 is 0 Å². The smallest absolute Gasteiger partial charge is 0.259 e. The van der Waals surface area contributed by atoms with Crippen LogP contribution in [0.25, 0.3) is 11.0 Å². The van der Waals surface area contributed by atoms with E-state index in [1.165, 1.54) is 0 Å². The third kappa shape index (κ3) is 2.27. The van der Waals surface area contributed by atoms with E-state index in [1.54, 1.807) is 12.3 Å².